The molecule has 1 aromatic heterocycles. The number of hydrogen-bond donors (Lipinski definition) is 0. The molecule has 1 aromatic carbocycles. The van der Waals surface area contributed by atoms with Gasteiger partial charge in [0, 0.05) is 18.0 Å². The summed E-state index contributed by atoms with van der Waals surface area (Å²) in [6.07, 6.45) is 5.01. The molecule has 0 fully saturated rings. The van der Waals surface area contributed by atoms with Gasteiger partial charge in [-0.25, -0.2) is 4.98 Å². The van der Waals surface area contributed by atoms with Gasteiger partial charge in [0.05, 0.1) is 6.33 Å². The van der Waals surface area contributed by atoms with Crippen molar-refractivity contribution in [2.24, 2.45) is 0 Å². The van der Waals surface area contributed by atoms with Crippen molar-refractivity contribution in [3.8, 4) is 0 Å². The van der Waals surface area contributed by atoms with Crippen LogP contribution < -0.4 is 0 Å². The van der Waals surface area contributed by atoms with Crippen LogP contribution in [-0.2, 0) is 0 Å². The Kier molecular flexibility index (Phi) is 4.89. The van der Waals surface area contributed by atoms with Gasteiger partial charge in [-0.3, -0.25) is 4.79 Å². The normalized spacial score (nSPS) is 11.6. The Hall–Kier alpha value is -0.940. The van der Waals surface area contributed by atoms with Crippen LogP contribution in [0.4, 0.5) is 0 Å². The average molecular weight is 346 g/mol. The first-order valence-electron chi connectivity index (χ1n) is 4.50. The topological polar surface area (TPSA) is 34.9 Å². The van der Waals surface area contributed by atoms with Crippen molar-refractivity contribution in [1.82, 2.24) is 9.55 Å². The van der Waals surface area contributed by atoms with Crippen molar-refractivity contribution in [3.05, 3.63) is 54.6 Å². The molecule has 0 saturated heterocycles. The third kappa shape index (κ3) is 2.80. The van der Waals surface area contributed by atoms with E-state index in [1.54, 1.807) is 35.4 Å². The fourth-order valence-electron chi connectivity index (χ4n) is 1.28. The first kappa shape index (κ1) is 13.1. The van der Waals surface area contributed by atoms with E-state index in [-0.39, 0.29) is 27.7 Å². The molecular formula is C11H10Br2N2O. The molecule has 5 heteroatoms. The second kappa shape index (κ2) is 5.96. The van der Waals surface area contributed by atoms with Gasteiger partial charge in [0.25, 0.3) is 0 Å². The maximum Gasteiger partial charge on any atom is 0.196 e. The Morgan fingerprint density at radius 3 is 2.56 bits per heavy atom. The maximum absolute atomic E-state index is 11.9. The van der Waals surface area contributed by atoms with Crippen molar-refractivity contribution >= 4 is 38.7 Å². The van der Waals surface area contributed by atoms with Crippen molar-refractivity contribution in [3.63, 3.8) is 0 Å². The number of rotatable bonds is 3. The molecule has 0 amide bonds. The highest BCUT2D eigenvalue weighted by atomic mass is 79.9. The van der Waals surface area contributed by atoms with Gasteiger partial charge in [-0.1, -0.05) is 46.3 Å². The van der Waals surface area contributed by atoms with Crippen LogP contribution in [0.2, 0.25) is 0 Å². The van der Waals surface area contributed by atoms with E-state index in [9.17, 15) is 4.79 Å². The second-order valence-electron chi connectivity index (χ2n) is 3.08. The fourth-order valence-corrected chi connectivity index (χ4v) is 1.79. The van der Waals surface area contributed by atoms with Crippen LogP contribution in [0.3, 0.4) is 0 Å². The molecule has 3 nitrogen and oxygen atoms in total. The Morgan fingerprint density at radius 2 is 2.00 bits per heavy atom. The van der Waals surface area contributed by atoms with Crippen LogP contribution in [0, 0.1) is 0 Å². The number of benzene rings is 1. The number of carbonyl (C=O) groups is 1. The number of Topliss-reactive ketones (excluding diaryl/α,β-unsaturated/α-hetero) is 1. The Balaban J connectivity index is 0.00000128. The van der Waals surface area contributed by atoms with Crippen molar-refractivity contribution < 1.29 is 4.79 Å². The van der Waals surface area contributed by atoms with Crippen molar-refractivity contribution in [2.75, 3.05) is 0 Å². The van der Waals surface area contributed by atoms with Crippen molar-refractivity contribution in [1.29, 1.82) is 0 Å². The van der Waals surface area contributed by atoms with E-state index in [0.717, 1.165) is 0 Å². The lowest BCUT2D eigenvalue weighted by Gasteiger charge is -2.09. The molecule has 2 aromatic rings. The number of imidazole rings is 1. The first-order chi connectivity index (χ1) is 7.29. The summed E-state index contributed by atoms with van der Waals surface area (Å²) in [5, 5.41) is 0. The molecular weight excluding hydrogens is 336 g/mol. The third-order valence-corrected chi connectivity index (χ3v) is 2.95. The summed E-state index contributed by atoms with van der Waals surface area (Å²) >= 11 is 3.34. The molecule has 0 radical (unpaired) electrons. The Morgan fingerprint density at radius 1 is 1.31 bits per heavy atom. The van der Waals surface area contributed by atoms with Crippen LogP contribution in [0.25, 0.3) is 0 Å². The lowest BCUT2D eigenvalue weighted by molar-refractivity contribution is 0.0970. The number of hydrogen-bond acceptors (Lipinski definition) is 2. The molecule has 1 atom stereocenters. The van der Waals surface area contributed by atoms with Gasteiger partial charge in [0.1, 0.15) is 0 Å². The number of halogens is 2. The van der Waals surface area contributed by atoms with Gasteiger partial charge in [-0.15, -0.1) is 17.0 Å². The van der Waals surface area contributed by atoms with Gasteiger partial charge in [0.2, 0.25) is 0 Å². The van der Waals surface area contributed by atoms with E-state index >= 15 is 0 Å². The summed E-state index contributed by atoms with van der Waals surface area (Å²) in [6, 6.07) is 9.18. The summed E-state index contributed by atoms with van der Waals surface area (Å²) in [5.74, 6) is 0.0219. The van der Waals surface area contributed by atoms with Crippen LogP contribution >= 0.6 is 32.9 Å². The van der Waals surface area contributed by atoms with Gasteiger partial charge in [-0.05, 0) is 0 Å². The zero-order valence-corrected chi connectivity index (χ0v) is 11.6. The molecule has 84 valence electrons. The second-order valence-corrected chi connectivity index (χ2v) is 3.94. The molecule has 2 rings (SSSR count). The number of carbonyl (C=O) groups excluding carboxylic acids is 1. The minimum atomic E-state index is -0.387. The summed E-state index contributed by atoms with van der Waals surface area (Å²) in [4.78, 5) is 15.5. The lowest BCUT2D eigenvalue weighted by Crippen LogP contribution is -2.12. The first-order valence-corrected chi connectivity index (χ1v) is 5.41. The summed E-state index contributed by atoms with van der Waals surface area (Å²) < 4.78 is 1.72. The number of ketones is 1. The van der Waals surface area contributed by atoms with E-state index in [1.165, 1.54) is 0 Å². The quantitative estimate of drug-likeness (QED) is 0.632. The summed E-state index contributed by atoms with van der Waals surface area (Å²) in [7, 11) is 0. The van der Waals surface area contributed by atoms with Crippen molar-refractivity contribution in [2.45, 2.75) is 4.95 Å². The third-order valence-electron chi connectivity index (χ3n) is 2.06. The predicted octanol–water partition coefficient (Wildman–Crippen LogP) is 3.24. The zero-order chi connectivity index (χ0) is 10.7. The molecule has 16 heavy (non-hydrogen) atoms. The minimum absolute atomic E-state index is 0. The van der Waals surface area contributed by atoms with Crippen LogP contribution in [0.15, 0.2) is 49.1 Å². The highest BCUT2D eigenvalue weighted by Crippen LogP contribution is 2.20. The largest absolute Gasteiger partial charge is 0.317 e. The van der Waals surface area contributed by atoms with E-state index in [0.29, 0.717) is 5.56 Å². The molecule has 1 unspecified atom stereocenters. The summed E-state index contributed by atoms with van der Waals surface area (Å²) in [6.45, 7) is 0. The highest BCUT2D eigenvalue weighted by Gasteiger charge is 2.17. The van der Waals surface area contributed by atoms with Gasteiger partial charge < -0.3 is 4.57 Å². The molecule has 0 aliphatic rings. The molecule has 0 aliphatic heterocycles. The maximum atomic E-state index is 11.9. The molecule has 1 heterocycles. The van der Waals surface area contributed by atoms with Crippen LogP contribution in [0.5, 0.6) is 0 Å². The number of alkyl halides is 1. The highest BCUT2D eigenvalue weighted by molar-refractivity contribution is 9.09. The Bertz CT molecular complexity index is 442. The van der Waals surface area contributed by atoms with Gasteiger partial charge in [0.15, 0.2) is 10.7 Å². The molecule has 0 bridgehead atoms. The van der Waals surface area contributed by atoms with E-state index in [2.05, 4.69) is 20.9 Å². The zero-order valence-electron chi connectivity index (χ0n) is 8.29. The summed E-state index contributed by atoms with van der Waals surface area (Å²) in [5.41, 5.74) is 0.688. The van der Waals surface area contributed by atoms with Crippen LogP contribution in [0.1, 0.15) is 15.3 Å². The van der Waals surface area contributed by atoms with E-state index < -0.39 is 0 Å². The van der Waals surface area contributed by atoms with E-state index in [4.69, 9.17) is 0 Å². The lowest BCUT2D eigenvalue weighted by atomic mass is 10.1. The van der Waals surface area contributed by atoms with Gasteiger partial charge >= 0.3 is 0 Å². The average Bonchev–Trinajstić information content (AvgIpc) is 2.82. The molecule has 0 saturated carbocycles. The number of nitrogens with zero attached hydrogens (tertiary/aromatic N) is 2. The fraction of sp³-hybridized carbons (Fsp3) is 0.0909. The smallest absolute Gasteiger partial charge is 0.196 e. The standard InChI is InChI=1S/C11H9BrN2O.BrH/c12-11(14-7-6-13-8-14)10(15)9-4-2-1-3-5-9;/h1-8,11H;1H. The molecule has 0 N–H and O–H groups in total. The van der Waals surface area contributed by atoms with Crippen LogP contribution in [-0.4, -0.2) is 15.3 Å². The van der Waals surface area contributed by atoms with E-state index in [1.807, 2.05) is 18.2 Å². The minimum Gasteiger partial charge on any atom is -0.317 e. The Labute approximate surface area is 112 Å². The van der Waals surface area contributed by atoms with Gasteiger partial charge in [-0.2, -0.15) is 0 Å². The SMILES string of the molecule is Br.O=C(c1ccccc1)C(Br)n1ccnc1. The number of aromatic nitrogens is 2. The monoisotopic (exact) mass is 344 g/mol. The molecule has 0 spiro atoms. The molecule has 0 aliphatic carbocycles. The predicted molar refractivity (Wildman–Crippen MR) is 71.3 cm³/mol.